The number of amides is 1. The lowest BCUT2D eigenvalue weighted by Gasteiger charge is -2.12. The van der Waals surface area contributed by atoms with Gasteiger partial charge in [0.05, 0.1) is 11.2 Å². The minimum atomic E-state index is -0.730. The predicted octanol–water partition coefficient (Wildman–Crippen LogP) is 3.22. The second-order valence-corrected chi connectivity index (χ2v) is 6.85. The van der Waals surface area contributed by atoms with Crippen molar-refractivity contribution in [2.24, 2.45) is 0 Å². The number of nitrogens with zero attached hydrogens (tertiary/aromatic N) is 2. The van der Waals surface area contributed by atoms with Crippen LogP contribution < -0.4 is 10.9 Å². The van der Waals surface area contributed by atoms with Gasteiger partial charge in [0.1, 0.15) is 21.7 Å². The van der Waals surface area contributed by atoms with Crippen molar-refractivity contribution in [1.29, 1.82) is 0 Å². The third kappa shape index (κ3) is 3.14. The van der Waals surface area contributed by atoms with E-state index in [4.69, 9.17) is 0 Å². The van der Waals surface area contributed by atoms with Crippen molar-refractivity contribution < 1.29 is 14.3 Å². The Morgan fingerprint density at radius 2 is 1.86 bits per heavy atom. The summed E-state index contributed by atoms with van der Waals surface area (Å²) in [4.78, 5) is 30.3. The molecular formula is C20H14FN3O3S. The fraction of sp³-hybridized carbons (Fsp3) is 0.0500. The second kappa shape index (κ2) is 7.24. The molecule has 0 saturated heterocycles. The van der Waals surface area contributed by atoms with Gasteiger partial charge < -0.3 is 10.4 Å². The largest absolute Gasteiger partial charge is 0.505 e. The van der Waals surface area contributed by atoms with Crippen molar-refractivity contribution in [2.75, 3.05) is 0 Å². The van der Waals surface area contributed by atoms with Crippen LogP contribution in [0.1, 0.15) is 15.9 Å². The Bertz CT molecular complexity index is 1220. The Hall–Kier alpha value is -3.52. The molecule has 0 bridgehead atoms. The maximum Gasteiger partial charge on any atom is 0.273 e. The smallest absolute Gasteiger partial charge is 0.273 e. The number of fused-ring (bicyclic) bond motifs is 1. The lowest BCUT2D eigenvalue weighted by atomic mass is 10.2. The highest BCUT2D eigenvalue weighted by Crippen LogP contribution is 2.29. The topological polar surface area (TPSA) is 84.2 Å². The molecule has 4 rings (SSSR count). The minimum Gasteiger partial charge on any atom is -0.505 e. The quantitative estimate of drug-likeness (QED) is 0.556. The monoisotopic (exact) mass is 395 g/mol. The maximum atomic E-state index is 13.1. The molecule has 2 heterocycles. The molecule has 1 amide bonds. The van der Waals surface area contributed by atoms with Crippen LogP contribution in [-0.2, 0) is 6.54 Å². The molecular weight excluding hydrogens is 381 g/mol. The summed E-state index contributed by atoms with van der Waals surface area (Å²) < 4.78 is 14.4. The molecule has 0 saturated carbocycles. The first-order valence-corrected chi connectivity index (χ1v) is 9.23. The van der Waals surface area contributed by atoms with Gasteiger partial charge in [0.2, 0.25) is 0 Å². The van der Waals surface area contributed by atoms with Crippen LogP contribution in [-0.4, -0.2) is 20.6 Å². The van der Waals surface area contributed by atoms with Gasteiger partial charge in [-0.25, -0.2) is 9.37 Å². The van der Waals surface area contributed by atoms with Gasteiger partial charge in [-0.05, 0) is 29.8 Å². The van der Waals surface area contributed by atoms with Gasteiger partial charge >= 0.3 is 0 Å². The SMILES string of the molecule is O=C(NCc1ccc(F)cc1)c1c(O)c2ncsc2n(-c2ccccc2)c1=O. The van der Waals surface area contributed by atoms with E-state index in [2.05, 4.69) is 10.3 Å². The summed E-state index contributed by atoms with van der Waals surface area (Å²) >= 11 is 1.19. The van der Waals surface area contributed by atoms with Crippen molar-refractivity contribution in [3.63, 3.8) is 0 Å². The van der Waals surface area contributed by atoms with Gasteiger partial charge in [-0.1, -0.05) is 30.3 Å². The fourth-order valence-electron chi connectivity index (χ4n) is 2.87. The number of nitrogens with one attached hydrogen (secondary N) is 1. The summed E-state index contributed by atoms with van der Waals surface area (Å²) in [5.74, 6) is -1.57. The van der Waals surface area contributed by atoms with E-state index >= 15 is 0 Å². The Balaban J connectivity index is 1.77. The highest BCUT2D eigenvalue weighted by Gasteiger charge is 2.24. The van der Waals surface area contributed by atoms with Crippen molar-refractivity contribution >= 4 is 27.6 Å². The number of pyridine rings is 1. The Labute approximate surface area is 162 Å². The number of aromatic hydroxyl groups is 1. The average molecular weight is 395 g/mol. The average Bonchev–Trinajstić information content (AvgIpc) is 3.18. The number of thiazole rings is 1. The third-order valence-corrected chi connectivity index (χ3v) is 5.05. The third-order valence-electron chi connectivity index (χ3n) is 4.24. The molecule has 0 unspecified atom stereocenters. The Kier molecular flexibility index (Phi) is 4.62. The van der Waals surface area contributed by atoms with Crippen LogP contribution in [0.25, 0.3) is 16.0 Å². The number of rotatable bonds is 4. The first-order valence-electron chi connectivity index (χ1n) is 8.35. The van der Waals surface area contributed by atoms with Gasteiger partial charge in [0.15, 0.2) is 5.75 Å². The molecule has 4 aromatic rings. The van der Waals surface area contributed by atoms with Crippen molar-refractivity contribution in [1.82, 2.24) is 14.9 Å². The molecule has 0 fully saturated rings. The molecule has 2 aromatic carbocycles. The zero-order chi connectivity index (χ0) is 19.7. The molecule has 2 aromatic heterocycles. The molecule has 140 valence electrons. The normalized spacial score (nSPS) is 10.9. The number of hydrogen-bond donors (Lipinski definition) is 2. The predicted molar refractivity (Wildman–Crippen MR) is 104 cm³/mol. The van der Waals surface area contributed by atoms with E-state index in [0.29, 0.717) is 16.1 Å². The molecule has 0 aliphatic heterocycles. The van der Waals surface area contributed by atoms with E-state index in [1.807, 2.05) is 6.07 Å². The summed E-state index contributed by atoms with van der Waals surface area (Å²) in [6.45, 7) is 0.0818. The molecule has 8 heteroatoms. The number of halogens is 1. The lowest BCUT2D eigenvalue weighted by Crippen LogP contribution is -2.32. The van der Waals surface area contributed by atoms with E-state index < -0.39 is 17.2 Å². The van der Waals surface area contributed by atoms with Crippen LogP contribution in [0.4, 0.5) is 4.39 Å². The van der Waals surface area contributed by atoms with Crippen LogP contribution in [0.3, 0.4) is 0 Å². The number of hydrogen-bond acceptors (Lipinski definition) is 5. The van der Waals surface area contributed by atoms with Crippen LogP contribution in [0, 0.1) is 5.82 Å². The lowest BCUT2D eigenvalue weighted by molar-refractivity contribution is 0.0946. The summed E-state index contributed by atoms with van der Waals surface area (Å²) in [5, 5.41) is 13.1. The summed E-state index contributed by atoms with van der Waals surface area (Å²) in [6, 6.07) is 14.4. The van der Waals surface area contributed by atoms with E-state index in [1.54, 1.807) is 24.3 Å². The zero-order valence-electron chi connectivity index (χ0n) is 14.4. The fourth-order valence-corrected chi connectivity index (χ4v) is 3.69. The van der Waals surface area contributed by atoms with Gasteiger partial charge in [-0.15, -0.1) is 11.3 Å². The first kappa shape index (κ1) is 17.9. The van der Waals surface area contributed by atoms with Crippen molar-refractivity contribution in [3.05, 3.63) is 87.4 Å². The Morgan fingerprint density at radius 3 is 2.57 bits per heavy atom. The molecule has 0 spiro atoms. The van der Waals surface area contributed by atoms with Gasteiger partial charge in [0, 0.05) is 6.54 Å². The minimum absolute atomic E-state index is 0.0818. The Morgan fingerprint density at radius 1 is 1.14 bits per heavy atom. The first-order chi connectivity index (χ1) is 13.6. The van der Waals surface area contributed by atoms with Crippen LogP contribution in [0.5, 0.6) is 5.75 Å². The summed E-state index contributed by atoms with van der Waals surface area (Å²) in [7, 11) is 0. The van der Waals surface area contributed by atoms with Crippen LogP contribution >= 0.6 is 11.3 Å². The summed E-state index contributed by atoms with van der Waals surface area (Å²) in [5.41, 5.74) is 1.88. The number of aromatic nitrogens is 2. The standard InChI is InChI=1S/C20H14FN3O3S/c21-13-8-6-12(7-9-13)10-22-18(26)15-17(25)16-20(28-11-23-16)24(19(15)27)14-4-2-1-3-5-14/h1-9,11,25H,10H2,(H,22,26). The maximum absolute atomic E-state index is 13.1. The molecule has 0 radical (unpaired) electrons. The van der Waals surface area contributed by atoms with E-state index in [1.165, 1.54) is 45.7 Å². The second-order valence-electron chi connectivity index (χ2n) is 6.01. The van der Waals surface area contributed by atoms with Gasteiger partial charge in [-0.2, -0.15) is 0 Å². The van der Waals surface area contributed by atoms with E-state index in [9.17, 15) is 19.1 Å². The molecule has 0 atom stereocenters. The van der Waals surface area contributed by atoms with E-state index in [-0.39, 0.29) is 23.4 Å². The number of carbonyl (C=O) groups excluding carboxylic acids is 1. The van der Waals surface area contributed by atoms with Crippen LogP contribution in [0.2, 0.25) is 0 Å². The molecule has 0 aliphatic carbocycles. The van der Waals surface area contributed by atoms with E-state index in [0.717, 1.165) is 0 Å². The number of benzene rings is 2. The van der Waals surface area contributed by atoms with Gasteiger partial charge in [-0.3, -0.25) is 14.2 Å². The number of para-hydroxylation sites is 1. The molecule has 6 nitrogen and oxygen atoms in total. The summed E-state index contributed by atoms with van der Waals surface area (Å²) in [6.07, 6.45) is 0. The van der Waals surface area contributed by atoms with Crippen molar-refractivity contribution in [3.8, 4) is 11.4 Å². The highest BCUT2D eigenvalue weighted by molar-refractivity contribution is 7.16. The number of carbonyl (C=O) groups is 1. The molecule has 28 heavy (non-hydrogen) atoms. The van der Waals surface area contributed by atoms with Gasteiger partial charge in [0.25, 0.3) is 11.5 Å². The molecule has 0 aliphatic rings. The van der Waals surface area contributed by atoms with Crippen LogP contribution in [0.15, 0.2) is 64.9 Å². The van der Waals surface area contributed by atoms with Crippen molar-refractivity contribution in [2.45, 2.75) is 6.54 Å². The molecule has 2 N–H and O–H groups in total. The zero-order valence-corrected chi connectivity index (χ0v) is 15.2. The highest BCUT2D eigenvalue weighted by atomic mass is 32.1.